The molecule has 0 radical (unpaired) electrons. The largest absolute Gasteiger partial charge is 0.444 e. The van der Waals surface area contributed by atoms with Gasteiger partial charge in [-0.3, -0.25) is 15.1 Å². The SMILES string of the molecule is CC(C)(C)OC(=O)NC1=N[C@](C)(c2nc(NC(=O)c3ccc(Cl)cn3)ccc2F)[C@H]2CC(F)(F)CN=[S@]2(=O)C1(C)C. The first-order valence-electron chi connectivity index (χ1n) is 12.6. The molecule has 0 saturated heterocycles. The minimum atomic E-state index is -3.65. The maximum atomic E-state index is 15.5. The first-order chi connectivity index (χ1) is 18.8. The number of amidine groups is 1. The fourth-order valence-electron chi connectivity index (χ4n) is 4.67. The molecule has 0 bridgehead atoms. The highest BCUT2D eigenvalue weighted by Crippen LogP contribution is 2.50. The van der Waals surface area contributed by atoms with Crippen molar-refractivity contribution in [1.29, 1.82) is 0 Å². The number of aromatic nitrogens is 2. The number of ether oxygens (including phenoxy) is 1. The predicted molar refractivity (Wildman–Crippen MR) is 148 cm³/mol. The van der Waals surface area contributed by atoms with Crippen molar-refractivity contribution in [2.75, 3.05) is 11.9 Å². The van der Waals surface area contributed by atoms with Gasteiger partial charge in [0.1, 0.15) is 51.3 Å². The lowest BCUT2D eigenvalue weighted by molar-refractivity contribution is -0.00694. The standard InChI is InChI=1S/C26H30ClF3N6O4S/c1-23(2,3)40-22(38)35-21-24(4,5)41(39)17(11-26(29,30)13-32-41)25(6,36-21)19-15(28)8-10-18(33-19)34-20(37)16-9-7-14(27)12-31-16/h7-10,12,17H,11,13H2,1-6H3,(H,33,34,37)(H,35,36,38)/t17-,25+,41-/m1/s1. The lowest BCUT2D eigenvalue weighted by atomic mass is 9.88. The molecule has 2 aromatic rings. The van der Waals surface area contributed by atoms with Crippen LogP contribution in [-0.2, 0) is 20.0 Å². The molecule has 2 aliphatic heterocycles. The summed E-state index contributed by atoms with van der Waals surface area (Å²) in [6.45, 7) is 8.13. The Balaban J connectivity index is 1.85. The maximum Gasteiger partial charge on any atom is 0.413 e. The van der Waals surface area contributed by atoms with Crippen LogP contribution in [-0.4, -0.2) is 60.1 Å². The third kappa shape index (κ3) is 5.89. The summed E-state index contributed by atoms with van der Waals surface area (Å²) in [7, 11) is -3.65. The quantitative estimate of drug-likeness (QED) is 0.480. The lowest BCUT2D eigenvalue weighted by Crippen LogP contribution is -2.64. The van der Waals surface area contributed by atoms with E-state index in [2.05, 4.69) is 30.0 Å². The summed E-state index contributed by atoms with van der Waals surface area (Å²) in [6.07, 6.45) is -0.591. The van der Waals surface area contributed by atoms with E-state index < -0.39 is 73.3 Å². The number of anilines is 1. The van der Waals surface area contributed by atoms with Crippen molar-refractivity contribution < 1.29 is 31.7 Å². The van der Waals surface area contributed by atoms with E-state index >= 15 is 4.39 Å². The van der Waals surface area contributed by atoms with Crippen LogP contribution < -0.4 is 10.6 Å². The van der Waals surface area contributed by atoms with Crippen LogP contribution in [0.1, 0.15) is 64.1 Å². The number of rotatable bonds is 3. The molecular weight excluding hydrogens is 585 g/mol. The molecule has 15 heteroatoms. The van der Waals surface area contributed by atoms with E-state index in [1.165, 1.54) is 45.2 Å². The van der Waals surface area contributed by atoms with Gasteiger partial charge < -0.3 is 10.1 Å². The van der Waals surface area contributed by atoms with Gasteiger partial charge in [0, 0.05) is 12.6 Å². The van der Waals surface area contributed by atoms with Gasteiger partial charge in [-0.2, -0.15) is 0 Å². The lowest BCUT2D eigenvalue weighted by Gasteiger charge is -2.49. The Bertz CT molecular complexity index is 1550. The molecule has 0 spiro atoms. The van der Waals surface area contributed by atoms with Crippen LogP contribution in [0, 0.1) is 5.82 Å². The zero-order chi connectivity index (χ0) is 30.6. The summed E-state index contributed by atoms with van der Waals surface area (Å²) < 4.78 is 67.3. The number of fused-ring (bicyclic) bond motifs is 1. The van der Waals surface area contributed by atoms with Gasteiger partial charge in [0.25, 0.3) is 11.8 Å². The number of nitrogens with zero attached hydrogens (tertiary/aromatic N) is 4. The molecule has 0 aliphatic carbocycles. The smallest absolute Gasteiger partial charge is 0.413 e. The van der Waals surface area contributed by atoms with Gasteiger partial charge >= 0.3 is 6.09 Å². The minimum Gasteiger partial charge on any atom is -0.444 e. The van der Waals surface area contributed by atoms with Gasteiger partial charge in [-0.15, -0.1) is 0 Å². The van der Waals surface area contributed by atoms with Crippen molar-refractivity contribution in [2.24, 2.45) is 9.36 Å². The third-order valence-corrected chi connectivity index (χ3v) is 10.6. The number of alkyl halides is 2. The fraction of sp³-hybridized carbons (Fsp3) is 0.500. The highest BCUT2D eigenvalue weighted by Gasteiger charge is 2.61. The number of carbonyl (C=O) groups excluding carboxylic acids is 2. The van der Waals surface area contributed by atoms with Gasteiger partial charge in [0.15, 0.2) is 0 Å². The van der Waals surface area contributed by atoms with E-state index in [0.717, 1.165) is 6.07 Å². The van der Waals surface area contributed by atoms with Gasteiger partial charge in [-0.1, -0.05) is 11.6 Å². The van der Waals surface area contributed by atoms with E-state index in [1.807, 2.05) is 0 Å². The second kappa shape index (κ2) is 10.2. The number of carbonyl (C=O) groups is 2. The molecular formula is C26H30ClF3N6O4S. The molecule has 0 saturated carbocycles. The zero-order valence-electron chi connectivity index (χ0n) is 23.2. The van der Waals surface area contributed by atoms with Gasteiger partial charge in [0.05, 0.1) is 20.0 Å². The molecule has 3 atom stereocenters. The Hall–Kier alpha value is -3.26. The summed E-state index contributed by atoms with van der Waals surface area (Å²) in [5.41, 5.74) is -3.38. The van der Waals surface area contributed by atoms with Crippen LogP contribution in [0.4, 0.5) is 23.8 Å². The molecule has 2 aliphatic rings. The molecule has 0 aromatic carbocycles. The van der Waals surface area contributed by atoms with Crippen LogP contribution >= 0.6 is 11.6 Å². The maximum absolute atomic E-state index is 15.5. The number of aliphatic imine (C=N–C) groups is 1. The van der Waals surface area contributed by atoms with E-state index in [0.29, 0.717) is 5.02 Å². The summed E-state index contributed by atoms with van der Waals surface area (Å²) in [4.78, 5) is 38.1. The molecule has 222 valence electrons. The van der Waals surface area contributed by atoms with Gasteiger partial charge in [0.2, 0.25) is 0 Å². The van der Waals surface area contributed by atoms with Crippen LogP contribution in [0.25, 0.3) is 0 Å². The molecule has 2 amide bonds. The number of alkyl carbamates (subject to hydrolysis) is 1. The topological polar surface area (TPSA) is 135 Å². The highest BCUT2D eigenvalue weighted by molar-refractivity contribution is 7.96. The zero-order valence-corrected chi connectivity index (χ0v) is 24.8. The van der Waals surface area contributed by atoms with Crippen LogP contribution in [0.3, 0.4) is 0 Å². The summed E-state index contributed by atoms with van der Waals surface area (Å²) in [5.74, 6) is -5.33. The minimum absolute atomic E-state index is 0.0108. The molecule has 2 aromatic heterocycles. The molecule has 10 nitrogen and oxygen atoms in total. The number of nitrogens with one attached hydrogen (secondary N) is 2. The average molecular weight is 615 g/mol. The van der Waals surface area contributed by atoms with Crippen LogP contribution in [0.15, 0.2) is 39.8 Å². The Morgan fingerprint density at radius 2 is 1.80 bits per heavy atom. The molecule has 4 heterocycles. The highest BCUT2D eigenvalue weighted by atomic mass is 35.5. The molecule has 0 fully saturated rings. The van der Waals surface area contributed by atoms with E-state index in [4.69, 9.17) is 16.3 Å². The summed E-state index contributed by atoms with van der Waals surface area (Å²) >= 11 is 5.82. The fourth-order valence-corrected chi connectivity index (χ4v) is 8.01. The van der Waals surface area contributed by atoms with Crippen molar-refractivity contribution in [3.63, 3.8) is 0 Å². The summed E-state index contributed by atoms with van der Waals surface area (Å²) in [6, 6.07) is 4.97. The normalized spacial score (nSPS) is 26.6. The number of halogens is 4. The number of hydrogen-bond acceptors (Lipinski definition) is 8. The average Bonchev–Trinajstić information content (AvgIpc) is 2.84. The van der Waals surface area contributed by atoms with Crippen molar-refractivity contribution in [3.8, 4) is 0 Å². The van der Waals surface area contributed by atoms with Crippen LogP contribution in [0.2, 0.25) is 5.02 Å². The Morgan fingerprint density at radius 3 is 2.41 bits per heavy atom. The first kappa shape index (κ1) is 30.7. The molecule has 0 unspecified atom stereocenters. The molecule has 2 N–H and O–H groups in total. The second-order valence-electron chi connectivity index (χ2n) is 11.5. The number of pyridine rings is 2. The predicted octanol–water partition coefficient (Wildman–Crippen LogP) is 5.33. The molecule has 4 rings (SSSR count). The second-order valence-corrected chi connectivity index (χ2v) is 14.9. The van der Waals surface area contributed by atoms with Crippen LogP contribution in [0.5, 0.6) is 0 Å². The van der Waals surface area contributed by atoms with Crippen molar-refractivity contribution >= 4 is 45.0 Å². The first-order valence-corrected chi connectivity index (χ1v) is 14.5. The van der Waals surface area contributed by atoms with Gasteiger partial charge in [-0.05, 0) is 65.8 Å². The third-order valence-electron chi connectivity index (χ3n) is 6.78. The van der Waals surface area contributed by atoms with E-state index in [9.17, 15) is 22.6 Å². The number of hydrogen-bond donors (Lipinski definition) is 2. The van der Waals surface area contributed by atoms with Gasteiger partial charge in [-0.25, -0.2) is 36.5 Å². The van der Waals surface area contributed by atoms with Crippen molar-refractivity contribution in [2.45, 2.75) is 75.0 Å². The Labute approximate surface area is 240 Å². The molecule has 41 heavy (non-hydrogen) atoms. The Kier molecular flexibility index (Phi) is 7.66. The number of amides is 2. The Morgan fingerprint density at radius 1 is 1.12 bits per heavy atom. The van der Waals surface area contributed by atoms with Crippen molar-refractivity contribution in [3.05, 3.63) is 52.7 Å². The van der Waals surface area contributed by atoms with E-state index in [1.54, 1.807) is 20.8 Å². The van der Waals surface area contributed by atoms with Crippen molar-refractivity contribution in [1.82, 2.24) is 15.3 Å². The monoisotopic (exact) mass is 614 g/mol. The van der Waals surface area contributed by atoms with E-state index in [-0.39, 0.29) is 17.3 Å². The summed E-state index contributed by atoms with van der Waals surface area (Å²) in [5, 5.41) is 3.77.